The number of hydrogen-bond donors (Lipinski definition) is 4. The van der Waals surface area contributed by atoms with Crippen molar-refractivity contribution in [3.8, 4) is 5.75 Å². The molecule has 0 aliphatic rings. The summed E-state index contributed by atoms with van der Waals surface area (Å²) in [6.07, 6.45) is -2.37. The van der Waals surface area contributed by atoms with Crippen LogP contribution < -0.4 is 0 Å². The van der Waals surface area contributed by atoms with Crippen molar-refractivity contribution in [1.82, 2.24) is 0 Å². The van der Waals surface area contributed by atoms with E-state index in [0.29, 0.717) is 0 Å². The van der Waals surface area contributed by atoms with Gasteiger partial charge in [-0.3, -0.25) is 0 Å². The lowest BCUT2D eigenvalue weighted by Crippen LogP contribution is -2.19. The third-order valence-electron chi connectivity index (χ3n) is 2.10. The first-order valence-corrected chi connectivity index (χ1v) is 4.51. The highest BCUT2D eigenvalue weighted by atomic mass is 19.1. The highest BCUT2D eigenvalue weighted by molar-refractivity contribution is 5.30. The van der Waals surface area contributed by atoms with E-state index in [1.54, 1.807) is 0 Å². The van der Waals surface area contributed by atoms with Gasteiger partial charge in [-0.2, -0.15) is 0 Å². The number of halogens is 1. The number of phenols is 1. The topological polar surface area (TPSA) is 80.9 Å². The van der Waals surface area contributed by atoms with Gasteiger partial charge in [0.1, 0.15) is 6.10 Å². The number of rotatable bonds is 4. The summed E-state index contributed by atoms with van der Waals surface area (Å²) in [6, 6.07) is 3.31. The van der Waals surface area contributed by atoms with Gasteiger partial charge in [-0.15, -0.1) is 0 Å². The lowest BCUT2D eigenvalue weighted by atomic mass is 10.0. The van der Waals surface area contributed by atoms with Gasteiger partial charge in [0.2, 0.25) is 0 Å². The van der Waals surface area contributed by atoms with Crippen LogP contribution >= 0.6 is 0 Å². The first kappa shape index (κ1) is 11.9. The van der Waals surface area contributed by atoms with Crippen LogP contribution in [0.3, 0.4) is 0 Å². The van der Waals surface area contributed by atoms with Crippen LogP contribution in [0, 0.1) is 5.82 Å². The molecule has 0 aliphatic carbocycles. The third kappa shape index (κ3) is 2.89. The van der Waals surface area contributed by atoms with Gasteiger partial charge in [0.25, 0.3) is 0 Å². The Kier molecular flexibility index (Phi) is 4.02. The molecule has 0 aliphatic heterocycles. The summed E-state index contributed by atoms with van der Waals surface area (Å²) >= 11 is 0. The average molecular weight is 216 g/mol. The second-order valence-corrected chi connectivity index (χ2v) is 3.24. The van der Waals surface area contributed by atoms with Crippen molar-refractivity contribution in [1.29, 1.82) is 0 Å². The zero-order valence-electron chi connectivity index (χ0n) is 7.97. The van der Waals surface area contributed by atoms with Crippen molar-refractivity contribution in [3.05, 3.63) is 29.6 Å². The van der Waals surface area contributed by atoms with Gasteiger partial charge in [-0.1, -0.05) is 6.07 Å². The predicted molar refractivity (Wildman–Crippen MR) is 50.7 cm³/mol. The van der Waals surface area contributed by atoms with Crippen molar-refractivity contribution >= 4 is 0 Å². The first-order chi connectivity index (χ1) is 7.06. The molecule has 0 radical (unpaired) electrons. The fourth-order valence-electron chi connectivity index (χ4n) is 1.23. The average Bonchev–Trinajstić information content (AvgIpc) is 2.21. The Morgan fingerprint density at radius 3 is 2.47 bits per heavy atom. The standard InChI is InChI=1S/C10H13FO4/c11-7-2-1-6(5-9(7)14)10(15)8(13)3-4-12/h1-2,5,8,10,12-15H,3-4H2. The highest BCUT2D eigenvalue weighted by Crippen LogP contribution is 2.24. The Hall–Kier alpha value is -1.17. The molecule has 0 saturated carbocycles. The van der Waals surface area contributed by atoms with E-state index < -0.39 is 23.8 Å². The summed E-state index contributed by atoms with van der Waals surface area (Å²) in [5.74, 6) is -1.37. The molecule has 0 heterocycles. The van der Waals surface area contributed by atoms with Gasteiger partial charge < -0.3 is 20.4 Å². The van der Waals surface area contributed by atoms with E-state index in [1.165, 1.54) is 6.07 Å². The van der Waals surface area contributed by atoms with E-state index in [0.717, 1.165) is 12.1 Å². The number of aromatic hydroxyl groups is 1. The molecule has 1 aromatic carbocycles. The maximum atomic E-state index is 12.7. The highest BCUT2D eigenvalue weighted by Gasteiger charge is 2.18. The molecule has 0 bridgehead atoms. The van der Waals surface area contributed by atoms with Crippen molar-refractivity contribution < 1.29 is 24.8 Å². The molecule has 0 aromatic heterocycles. The SMILES string of the molecule is OCCC(O)C(O)c1ccc(F)c(O)c1. The Morgan fingerprint density at radius 2 is 1.93 bits per heavy atom. The van der Waals surface area contributed by atoms with Crippen molar-refractivity contribution in [3.63, 3.8) is 0 Å². The Balaban J connectivity index is 2.81. The molecule has 1 rings (SSSR count). The molecule has 2 unspecified atom stereocenters. The van der Waals surface area contributed by atoms with E-state index in [2.05, 4.69) is 0 Å². The maximum Gasteiger partial charge on any atom is 0.164 e. The molecule has 0 fully saturated rings. The van der Waals surface area contributed by atoms with E-state index in [4.69, 9.17) is 10.2 Å². The normalized spacial score (nSPS) is 14.9. The number of hydrogen-bond acceptors (Lipinski definition) is 4. The van der Waals surface area contributed by atoms with Crippen LogP contribution in [0.1, 0.15) is 18.1 Å². The first-order valence-electron chi connectivity index (χ1n) is 4.51. The number of aliphatic hydroxyl groups is 3. The number of benzene rings is 1. The van der Waals surface area contributed by atoms with Gasteiger partial charge in [-0.05, 0) is 24.1 Å². The van der Waals surface area contributed by atoms with Gasteiger partial charge in [0.15, 0.2) is 11.6 Å². The smallest absolute Gasteiger partial charge is 0.164 e. The lowest BCUT2D eigenvalue weighted by Gasteiger charge is -2.17. The zero-order valence-corrected chi connectivity index (χ0v) is 7.97. The Labute approximate surface area is 86.2 Å². The number of aliphatic hydroxyl groups excluding tert-OH is 3. The molecule has 0 spiro atoms. The van der Waals surface area contributed by atoms with Gasteiger partial charge in [0.05, 0.1) is 6.10 Å². The second-order valence-electron chi connectivity index (χ2n) is 3.24. The van der Waals surface area contributed by atoms with Gasteiger partial charge in [-0.25, -0.2) is 4.39 Å². The molecular weight excluding hydrogens is 203 g/mol. The van der Waals surface area contributed by atoms with Crippen LogP contribution in [-0.4, -0.2) is 33.1 Å². The molecule has 0 amide bonds. The summed E-state index contributed by atoms with van der Waals surface area (Å²) in [4.78, 5) is 0. The molecule has 2 atom stereocenters. The minimum Gasteiger partial charge on any atom is -0.505 e. The molecule has 5 heteroatoms. The molecule has 4 N–H and O–H groups in total. The lowest BCUT2D eigenvalue weighted by molar-refractivity contribution is 0.00409. The minimum atomic E-state index is -1.25. The Morgan fingerprint density at radius 1 is 1.27 bits per heavy atom. The predicted octanol–water partition coefficient (Wildman–Crippen LogP) is 0.308. The quantitative estimate of drug-likeness (QED) is 0.584. The minimum absolute atomic E-state index is 0.0132. The zero-order chi connectivity index (χ0) is 11.4. The summed E-state index contributed by atoms with van der Waals surface area (Å²) in [5.41, 5.74) is 0.204. The maximum absolute atomic E-state index is 12.7. The van der Waals surface area contributed by atoms with E-state index in [-0.39, 0.29) is 18.6 Å². The van der Waals surface area contributed by atoms with Crippen LogP contribution in [0.2, 0.25) is 0 Å². The molecule has 15 heavy (non-hydrogen) atoms. The van der Waals surface area contributed by atoms with Crippen LogP contribution in [0.5, 0.6) is 5.75 Å². The van der Waals surface area contributed by atoms with Crippen molar-refractivity contribution in [2.24, 2.45) is 0 Å². The summed E-state index contributed by atoms with van der Waals surface area (Å²) in [6.45, 7) is -0.259. The van der Waals surface area contributed by atoms with Crippen LogP contribution in [-0.2, 0) is 0 Å². The van der Waals surface area contributed by atoms with E-state index in [1.807, 2.05) is 0 Å². The van der Waals surface area contributed by atoms with Crippen LogP contribution in [0.15, 0.2) is 18.2 Å². The largest absolute Gasteiger partial charge is 0.505 e. The summed E-state index contributed by atoms with van der Waals surface area (Å²) in [7, 11) is 0. The number of phenolic OH excluding ortho intramolecular Hbond substituents is 1. The molecule has 84 valence electrons. The monoisotopic (exact) mass is 216 g/mol. The molecule has 4 nitrogen and oxygen atoms in total. The van der Waals surface area contributed by atoms with Crippen LogP contribution in [0.4, 0.5) is 4.39 Å². The van der Waals surface area contributed by atoms with E-state index in [9.17, 15) is 14.6 Å². The molecule has 0 saturated heterocycles. The molecular formula is C10H13FO4. The third-order valence-corrected chi connectivity index (χ3v) is 2.10. The molecule has 1 aromatic rings. The summed E-state index contributed by atoms with van der Waals surface area (Å²) in [5, 5.41) is 36.5. The van der Waals surface area contributed by atoms with Crippen molar-refractivity contribution in [2.45, 2.75) is 18.6 Å². The Bertz CT molecular complexity index is 329. The second kappa shape index (κ2) is 5.06. The van der Waals surface area contributed by atoms with E-state index >= 15 is 0 Å². The fraction of sp³-hybridized carbons (Fsp3) is 0.400. The summed E-state index contributed by atoms with van der Waals surface area (Å²) < 4.78 is 12.7. The van der Waals surface area contributed by atoms with Gasteiger partial charge in [0, 0.05) is 6.61 Å². The fourth-order valence-corrected chi connectivity index (χ4v) is 1.23. The van der Waals surface area contributed by atoms with Gasteiger partial charge >= 0.3 is 0 Å². The van der Waals surface area contributed by atoms with Crippen molar-refractivity contribution in [2.75, 3.05) is 6.61 Å². The van der Waals surface area contributed by atoms with Crippen LogP contribution in [0.25, 0.3) is 0 Å².